The normalized spacial score (nSPS) is 12.4. The van der Waals surface area contributed by atoms with Crippen molar-refractivity contribution in [2.45, 2.75) is 0 Å². The molecule has 3 aromatic carbocycles. The Kier molecular flexibility index (Phi) is 13.5. The molecule has 2 unspecified atom stereocenters. The first-order valence-electron chi connectivity index (χ1n) is 11.9. The van der Waals surface area contributed by atoms with Gasteiger partial charge in [-0.3, -0.25) is 9.05 Å². The Hall–Kier alpha value is -2.26. The SMILES string of the molecule is COc1ccc(/C=N\N(C)[P+](=S)Oc2ccc(/C=N\N(C)[P+](=S)Oc3ccc(/C=N\N(C)P(=S)(Cl)Cl)cc3)cc2)cc1. The first-order valence-corrected chi connectivity index (χ1v) is 20.9. The molecule has 0 amide bonds. The summed E-state index contributed by atoms with van der Waals surface area (Å²) >= 11 is 27.9. The summed E-state index contributed by atoms with van der Waals surface area (Å²) in [5, 5.41) is 13.0. The third-order valence-electron chi connectivity index (χ3n) is 5.17. The molecule has 3 rings (SSSR count). The van der Waals surface area contributed by atoms with Crippen molar-refractivity contribution in [3.05, 3.63) is 89.5 Å². The highest BCUT2D eigenvalue weighted by Gasteiger charge is 2.21. The largest absolute Gasteiger partial charge is 0.540 e. The second kappa shape index (κ2) is 16.6. The van der Waals surface area contributed by atoms with Gasteiger partial charge in [0.15, 0.2) is 11.5 Å². The minimum Gasteiger partial charge on any atom is -0.497 e. The van der Waals surface area contributed by atoms with Gasteiger partial charge in [0.1, 0.15) is 5.75 Å². The summed E-state index contributed by atoms with van der Waals surface area (Å²) in [6.45, 7) is 0. The molecule has 0 saturated heterocycles. The summed E-state index contributed by atoms with van der Waals surface area (Å²) in [5.41, 5.74) is 2.62. The van der Waals surface area contributed by atoms with E-state index in [1.165, 1.54) is 4.78 Å². The van der Waals surface area contributed by atoms with Crippen molar-refractivity contribution in [2.75, 3.05) is 28.3 Å². The van der Waals surface area contributed by atoms with Crippen LogP contribution in [-0.4, -0.2) is 61.2 Å². The lowest BCUT2D eigenvalue weighted by molar-refractivity contribution is 0.415. The molecule has 0 aliphatic heterocycles. The van der Waals surface area contributed by atoms with E-state index in [4.69, 9.17) is 71.7 Å². The summed E-state index contributed by atoms with van der Waals surface area (Å²) in [7, 11) is 3.98. The fraction of sp³-hybridized carbons (Fsp3) is 0.160. The molecule has 9 nitrogen and oxygen atoms in total. The predicted octanol–water partition coefficient (Wildman–Crippen LogP) is 7.90. The van der Waals surface area contributed by atoms with Crippen molar-refractivity contribution in [1.29, 1.82) is 0 Å². The third-order valence-corrected chi connectivity index (χ3v) is 11.7. The van der Waals surface area contributed by atoms with Crippen LogP contribution in [0.25, 0.3) is 0 Å². The highest BCUT2D eigenvalue weighted by molar-refractivity contribution is 8.37. The quantitative estimate of drug-likeness (QED) is 0.0940. The Bertz CT molecular complexity index is 1510. The van der Waals surface area contributed by atoms with E-state index in [1.54, 1.807) is 68.6 Å². The van der Waals surface area contributed by atoms with Gasteiger partial charge in [-0.1, -0.05) is 9.56 Å². The van der Waals surface area contributed by atoms with Gasteiger partial charge >= 0.3 is 14.1 Å². The summed E-state index contributed by atoms with van der Waals surface area (Å²) < 4.78 is 21.5. The molecule has 0 aliphatic rings. The van der Waals surface area contributed by atoms with Crippen LogP contribution in [0.15, 0.2) is 88.1 Å². The Morgan fingerprint density at radius 2 is 0.976 bits per heavy atom. The molecule has 17 heteroatoms. The molecule has 0 aromatic heterocycles. The lowest BCUT2D eigenvalue weighted by atomic mass is 10.2. The van der Waals surface area contributed by atoms with Crippen LogP contribution in [0.2, 0.25) is 0 Å². The van der Waals surface area contributed by atoms with Crippen LogP contribution < -0.4 is 13.8 Å². The number of nitrogens with zero attached hydrogens (tertiary/aromatic N) is 6. The van der Waals surface area contributed by atoms with Gasteiger partial charge in [-0.05, 0) is 124 Å². The molecule has 0 fully saturated rings. The van der Waals surface area contributed by atoms with Gasteiger partial charge in [-0.25, -0.2) is 4.78 Å². The highest BCUT2D eigenvalue weighted by Crippen LogP contribution is 2.59. The number of ether oxygens (including phenoxy) is 1. The van der Waals surface area contributed by atoms with Crippen LogP contribution in [0.4, 0.5) is 0 Å². The van der Waals surface area contributed by atoms with Gasteiger partial charge < -0.3 is 4.74 Å². The molecule has 0 radical (unpaired) electrons. The van der Waals surface area contributed by atoms with Crippen LogP contribution in [0.5, 0.6) is 17.2 Å². The van der Waals surface area contributed by atoms with Crippen LogP contribution >= 0.6 is 41.5 Å². The predicted molar refractivity (Wildman–Crippen MR) is 188 cm³/mol. The van der Waals surface area contributed by atoms with E-state index in [2.05, 4.69) is 15.3 Å². The first-order chi connectivity index (χ1) is 19.9. The molecule has 0 saturated carbocycles. The molecule has 42 heavy (non-hydrogen) atoms. The van der Waals surface area contributed by atoms with Crippen LogP contribution in [0.1, 0.15) is 16.7 Å². The zero-order chi connectivity index (χ0) is 30.7. The fourth-order valence-corrected chi connectivity index (χ4v) is 5.23. The molecule has 3 aromatic rings. The number of rotatable bonds is 14. The second-order valence-electron chi connectivity index (χ2n) is 8.21. The smallest absolute Gasteiger partial charge is 0.497 e. The van der Waals surface area contributed by atoms with E-state index in [0.29, 0.717) is 11.5 Å². The van der Waals surface area contributed by atoms with Crippen molar-refractivity contribution in [3.63, 3.8) is 0 Å². The molecule has 0 spiro atoms. The number of hydrogen-bond donors (Lipinski definition) is 0. The molecule has 2 atom stereocenters. The number of hydrazone groups is 3. The Labute approximate surface area is 272 Å². The zero-order valence-corrected chi connectivity index (χ0v) is 29.5. The lowest BCUT2D eigenvalue weighted by Crippen LogP contribution is -2.04. The summed E-state index contributed by atoms with van der Waals surface area (Å²) in [4.78, 5) is -2.65. The molecular weight excluding hydrogens is 692 g/mol. The monoisotopic (exact) mass is 718 g/mol. The minimum absolute atomic E-state index is 0.615. The fourth-order valence-electron chi connectivity index (χ4n) is 2.81. The van der Waals surface area contributed by atoms with E-state index < -0.39 is 19.0 Å². The second-order valence-corrected chi connectivity index (χ2v) is 20.2. The van der Waals surface area contributed by atoms with Crippen molar-refractivity contribution < 1.29 is 13.8 Å². The average Bonchev–Trinajstić information content (AvgIpc) is 2.98. The van der Waals surface area contributed by atoms with Gasteiger partial charge in [0.2, 0.25) is 28.5 Å². The van der Waals surface area contributed by atoms with Crippen LogP contribution in [-0.2, 0) is 35.4 Å². The van der Waals surface area contributed by atoms with Crippen molar-refractivity contribution >= 4 is 95.6 Å². The van der Waals surface area contributed by atoms with Gasteiger partial charge in [-0.15, -0.1) is 10.2 Å². The molecule has 0 N–H and O–H groups in total. The van der Waals surface area contributed by atoms with Gasteiger partial charge in [-0.2, -0.15) is 5.10 Å². The van der Waals surface area contributed by atoms with Gasteiger partial charge in [0, 0.05) is 7.05 Å². The minimum atomic E-state index is -2.65. The van der Waals surface area contributed by atoms with Crippen molar-refractivity contribution in [3.8, 4) is 17.2 Å². The Balaban J connectivity index is 1.48. The number of halogens is 2. The van der Waals surface area contributed by atoms with Crippen molar-refractivity contribution in [2.24, 2.45) is 15.3 Å². The maximum absolute atomic E-state index is 5.94. The zero-order valence-electron chi connectivity index (χ0n) is 22.9. The van der Waals surface area contributed by atoms with Gasteiger partial charge in [0.05, 0.1) is 39.8 Å². The summed E-state index contributed by atoms with van der Waals surface area (Å²) in [5.74, 6) is 2.04. The highest BCUT2D eigenvalue weighted by atomic mass is 35.9. The average molecular weight is 720 g/mol. The van der Waals surface area contributed by atoms with E-state index in [1.807, 2.05) is 60.7 Å². The maximum atomic E-state index is 5.94. The topological polar surface area (TPSA) is 74.5 Å². The van der Waals surface area contributed by atoms with Crippen LogP contribution in [0, 0.1) is 0 Å². The van der Waals surface area contributed by atoms with E-state index in [-0.39, 0.29) is 0 Å². The van der Waals surface area contributed by atoms with Crippen molar-refractivity contribution in [1.82, 2.24) is 14.3 Å². The van der Waals surface area contributed by atoms with E-state index >= 15 is 0 Å². The molecule has 0 aliphatic carbocycles. The van der Waals surface area contributed by atoms with E-state index in [9.17, 15) is 0 Å². The Morgan fingerprint density at radius 3 is 1.31 bits per heavy atom. The number of methoxy groups -OCH3 is 1. The molecule has 0 bridgehead atoms. The molecule has 0 heterocycles. The maximum Gasteiger partial charge on any atom is 0.540 e. The van der Waals surface area contributed by atoms with Gasteiger partial charge in [0.25, 0.3) is 0 Å². The summed E-state index contributed by atoms with van der Waals surface area (Å²) in [6.07, 6.45) is 5.03. The third kappa shape index (κ3) is 11.4. The number of hydrogen-bond acceptors (Lipinski definition) is 9. The van der Waals surface area contributed by atoms with E-state index in [0.717, 1.165) is 22.4 Å². The first kappa shape index (κ1) is 34.2. The van der Waals surface area contributed by atoms with Crippen LogP contribution in [0.3, 0.4) is 0 Å². The number of benzene rings is 3. The Morgan fingerprint density at radius 1 is 0.643 bits per heavy atom. The standard InChI is InChI=1S/C25H27Cl2N6O3P3S3/c1-31(28-17-20-5-11-23(34-4)12-6-20)37(40)35-24-13-7-21(8-14-24)18-29-32(2)38(41)36-25-15-9-22(10-16-25)19-30-33(3)39(26,27)42/h5-19H,1-4H3/q+2/b28-17-,29-18-,30-19-. The molecule has 220 valence electrons. The summed E-state index contributed by atoms with van der Waals surface area (Å²) in [6, 6.07) is 22.2. The molecular formula is C25H27Cl2N6O3P3S3+2. The lowest BCUT2D eigenvalue weighted by Gasteiger charge is -2.15.